The molecule has 0 aliphatic carbocycles. The number of carbonyl (C=O) groups is 2. The molecule has 0 aliphatic rings. The SMILES string of the molecule is CCOc1ncc(C(=O)Nc2cccc(C(=O)Nc3ccccn3)c2)cc1Cl. The molecule has 8 heteroatoms. The molecule has 0 spiro atoms. The van der Waals surface area contributed by atoms with E-state index in [2.05, 4.69) is 20.6 Å². The molecular weight excluding hydrogens is 380 g/mol. The number of benzene rings is 1. The first-order valence-corrected chi connectivity index (χ1v) is 8.86. The molecule has 2 heterocycles. The van der Waals surface area contributed by atoms with Crippen molar-refractivity contribution < 1.29 is 14.3 Å². The number of nitrogens with zero attached hydrogens (tertiary/aromatic N) is 2. The molecule has 2 N–H and O–H groups in total. The molecule has 0 bridgehead atoms. The quantitative estimate of drug-likeness (QED) is 0.656. The molecule has 3 rings (SSSR count). The van der Waals surface area contributed by atoms with Crippen LogP contribution in [0.5, 0.6) is 5.88 Å². The number of pyridine rings is 2. The summed E-state index contributed by atoms with van der Waals surface area (Å²) in [4.78, 5) is 32.9. The first-order valence-electron chi connectivity index (χ1n) is 8.49. The van der Waals surface area contributed by atoms with Crippen molar-refractivity contribution in [1.29, 1.82) is 0 Å². The molecule has 0 unspecified atom stereocenters. The van der Waals surface area contributed by atoms with Crippen LogP contribution in [-0.4, -0.2) is 28.4 Å². The monoisotopic (exact) mass is 396 g/mol. The molecule has 0 aliphatic heterocycles. The maximum atomic E-state index is 12.4. The highest BCUT2D eigenvalue weighted by molar-refractivity contribution is 6.32. The molecule has 0 radical (unpaired) electrons. The van der Waals surface area contributed by atoms with Crippen molar-refractivity contribution in [1.82, 2.24) is 9.97 Å². The van der Waals surface area contributed by atoms with E-state index in [9.17, 15) is 9.59 Å². The average Bonchev–Trinajstić information content (AvgIpc) is 2.70. The van der Waals surface area contributed by atoms with E-state index in [0.29, 0.717) is 23.7 Å². The number of amides is 2. The standard InChI is InChI=1S/C20H17ClN4O3/c1-2-28-20-16(21)11-14(12-23-20)19(27)24-15-7-5-6-13(10-15)18(26)25-17-8-3-4-9-22-17/h3-12H,2H2,1H3,(H,24,27)(H,22,25,26). The van der Waals surface area contributed by atoms with Crippen LogP contribution in [0.4, 0.5) is 11.5 Å². The summed E-state index contributed by atoms with van der Waals surface area (Å²) in [6, 6.07) is 13.3. The van der Waals surface area contributed by atoms with E-state index in [1.807, 2.05) is 6.92 Å². The van der Waals surface area contributed by atoms with E-state index < -0.39 is 5.91 Å². The molecule has 2 aromatic heterocycles. The van der Waals surface area contributed by atoms with Crippen molar-refractivity contribution in [3.63, 3.8) is 0 Å². The van der Waals surface area contributed by atoms with Crippen LogP contribution < -0.4 is 15.4 Å². The Morgan fingerprint density at radius 3 is 2.54 bits per heavy atom. The molecule has 7 nitrogen and oxygen atoms in total. The topological polar surface area (TPSA) is 93.2 Å². The minimum Gasteiger partial charge on any atom is -0.477 e. The van der Waals surface area contributed by atoms with Crippen molar-refractivity contribution in [2.45, 2.75) is 6.92 Å². The minimum absolute atomic E-state index is 0.248. The molecule has 2 amide bonds. The zero-order chi connectivity index (χ0) is 19.9. The third-order valence-electron chi connectivity index (χ3n) is 3.64. The number of rotatable bonds is 6. The zero-order valence-corrected chi connectivity index (χ0v) is 15.7. The maximum Gasteiger partial charge on any atom is 0.257 e. The van der Waals surface area contributed by atoms with Gasteiger partial charge in [-0.3, -0.25) is 9.59 Å². The first kappa shape index (κ1) is 19.3. The third kappa shape index (κ3) is 4.83. The van der Waals surface area contributed by atoms with Gasteiger partial charge < -0.3 is 15.4 Å². The van der Waals surface area contributed by atoms with Gasteiger partial charge in [0.05, 0.1) is 12.2 Å². The van der Waals surface area contributed by atoms with E-state index in [-0.39, 0.29) is 22.4 Å². The molecular formula is C20H17ClN4O3. The largest absolute Gasteiger partial charge is 0.477 e. The Hall–Kier alpha value is -3.45. The van der Waals surface area contributed by atoms with Crippen molar-refractivity contribution in [2.24, 2.45) is 0 Å². The fourth-order valence-electron chi connectivity index (χ4n) is 2.36. The van der Waals surface area contributed by atoms with Crippen LogP contribution in [0.1, 0.15) is 27.6 Å². The molecule has 1 aromatic carbocycles. The lowest BCUT2D eigenvalue weighted by atomic mass is 10.1. The highest BCUT2D eigenvalue weighted by Crippen LogP contribution is 2.23. The summed E-state index contributed by atoms with van der Waals surface area (Å²) in [5, 5.41) is 5.66. The Labute approximate surface area is 166 Å². The lowest BCUT2D eigenvalue weighted by Gasteiger charge is -2.09. The Morgan fingerprint density at radius 2 is 1.82 bits per heavy atom. The number of carbonyl (C=O) groups excluding carboxylic acids is 2. The summed E-state index contributed by atoms with van der Waals surface area (Å²) in [6.07, 6.45) is 2.96. The Kier molecular flexibility index (Phi) is 6.18. The molecule has 0 saturated carbocycles. The second-order valence-electron chi connectivity index (χ2n) is 5.65. The molecule has 0 fully saturated rings. The van der Waals surface area contributed by atoms with Crippen LogP contribution in [0.2, 0.25) is 5.02 Å². The average molecular weight is 397 g/mol. The van der Waals surface area contributed by atoms with Gasteiger partial charge in [0.1, 0.15) is 10.8 Å². The van der Waals surface area contributed by atoms with Gasteiger partial charge >= 0.3 is 0 Å². The zero-order valence-electron chi connectivity index (χ0n) is 15.0. The van der Waals surface area contributed by atoms with E-state index in [1.165, 1.54) is 12.3 Å². The van der Waals surface area contributed by atoms with Gasteiger partial charge in [-0.15, -0.1) is 0 Å². The van der Waals surface area contributed by atoms with Crippen LogP contribution in [0.25, 0.3) is 0 Å². The van der Waals surface area contributed by atoms with Crippen LogP contribution in [0.3, 0.4) is 0 Å². The summed E-state index contributed by atoms with van der Waals surface area (Å²) in [5.74, 6) is -0.0220. The maximum absolute atomic E-state index is 12.4. The third-order valence-corrected chi connectivity index (χ3v) is 3.91. The highest BCUT2D eigenvalue weighted by Gasteiger charge is 2.13. The van der Waals surface area contributed by atoms with Gasteiger partial charge in [0, 0.05) is 23.6 Å². The number of halogens is 1. The van der Waals surface area contributed by atoms with Crippen molar-refractivity contribution in [3.8, 4) is 5.88 Å². The lowest BCUT2D eigenvalue weighted by Crippen LogP contribution is -2.15. The summed E-state index contributed by atoms with van der Waals surface area (Å²) in [5.41, 5.74) is 1.12. The predicted molar refractivity (Wildman–Crippen MR) is 107 cm³/mol. The molecule has 3 aromatic rings. The van der Waals surface area contributed by atoms with E-state index in [4.69, 9.17) is 16.3 Å². The van der Waals surface area contributed by atoms with Gasteiger partial charge in [-0.25, -0.2) is 9.97 Å². The van der Waals surface area contributed by atoms with E-state index in [0.717, 1.165) is 0 Å². The minimum atomic E-state index is -0.403. The summed E-state index contributed by atoms with van der Waals surface area (Å²) in [6.45, 7) is 2.24. The second-order valence-corrected chi connectivity index (χ2v) is 6.06. The summed E-state index contributed by atoms with van der Waals surface area (Å²) < 4.78 is 5.26. The van der Waals surface area contributed by atoms with E-state index in [1.54, 1.807) is 48.7 Å². The number of ether oxygens (including phenoxy) is 1. The van der Waals surface area contributed by atoms with Gasteiger partial charge in [-0.2, -0.15) is 0 Å². The number of hydrogen-bond donors (Lipinski definition) is 2. The lowest BCUT2D eigenvalue weighted by molar-refractivity contribution is 0.101. The van der Waals surface area contributed by atoms with Crippen LogP contribution in [-0.2, 0) is 0 Å². The molecule has 0 saturated heterocycles. The summed E-state index contributed by atoms with van der Waals surface area (Å²) >= 11 is 6.07. The van der Waals surface area contributed by atoms with Gasteiger partial charge in [0.25, 0.3) is 11.8 Å². The highest BCUT2D eigenvalue weighted by atomic mass is 35.5. The van der Waals surface area contributed by atoms with Crippen molar-refractivity contribution >= 4 is 34.9 Å². The number of hydrogen-bond acceptors (Lipinski definition) is 5. The number of anilines is 2. The fraction of sp³-hybridized carbons (Fsp3) is 0.100. The molecule has 0 atom stereocenters. The van der Waals surface area contributed by atoms with Crippen LogP contribution >= 0.6 is 11.6 Å². The van der Waals surface area contributed by atoms with E-state index >= 15 is 0 Å². The first-order chi connectivity index (χ1) is 13.6. The van der Waals surface area contributed by atoms with Crippen molar-refractivity contribution in [2.75, 3.05) is 17.2 Å². The van der Waals surface area contributed by atoms with Gasteiger partial charge in [-0.05, 0) is 43.3 Å². The smallest absolute Gasteiger partial charge is 0.257 e. The van der Waals surface area contributed by atoms with Gasteiger partial charge in [-0.1, -0.05) is 23.7 Å². The fourth-order valence-corrected chi connectivity index (χ4v) is 2.58. The van der Waals surface area contributed by atoms with Crippen LogP contribution in [0.15, 0.2) is 60.9 Å². The number of aromatic nitrogens is 2. The molecule has 142 valence electrons. The second kappa shape index (κ2) is 8.96. The normalized spacial score (nSPS) is 10.2. The van der Waals surface area contributed by atoms with Crippen molar-refractivity contribution in [3.05, 3.63) is 77.1 Å². The van der Waals surface area contributed by atoms with Crippen LogP contribution in [0, 0.1) is 0 Å². The Bertz CT molecular complexity index is 996. The summed E-state index contributed by atoms with van der Waals surface area (Å²) in [7, 11) is 0. The van der Waals surface area contributed by atoms with Gasteiger partial charge in [0.15, 0.2) is 0 Å². The Morgan fingerprint density at radius 1 is 1.00 bits per heavy atom. The van der Waals surface area contributed by atoms with Gasteiger partial charge in [0.2, 0.25) is 5.88 Å². The molecule has 28 heavy (non-hydrogen) atoms. The number of nitrogens with one attached hydrogen (secondary N) is 2. The Balaban J connectivity index is 1.71. The predicted octanol–water partition coefficient (Wildman–Crippen LogP) is 4.03.